The van der Waals surface area contributed by atoms with E-state index in [9.17, 15) is 13.2 Å². The molecule has 1 N–H and O–H groups in total. The molecule has 1 aliphatic heterocycles. The van der Waals surface area contributed by atoms with Crippen molar-refractivity contribution < 1.29 is 22.7 Å². The average Bonchev–Trinajstić information content (AvgIpc) is 3.11. The Labute approximate surface area is 190 Å². The number of nitrogens with one attached hydrogen (secondary N) is 1. The lowest BCUT2D eigenvalue weighted by molar-refractivity contribution is -0.121. The first-order chi connectivity index (χ1) is 15.5. The molecule has 0 radical (unpaired) electrons. The molecule has 1 saturated heterocycles. The Bertz CT molecular complexity index is 951. The Morgan fingerprint density at radius 3 is 2.19 bits per heavy atom. The van der Waals surface area contributed by atoms with Gasteiger partial charge in [0.1, 0.15) is 18.1 Å². The summed E-state index contributed by atoms with van der Waals surface area (Å²) in [4.78, 5) is 12.4. The minimum atomic E-state index is -3.44. The summed E-state index contributed by atoms with van der Waals surface area (Å²) in [6.07, 6.45) is 4.88. The minimum absolute atomic E-state index is 0.0652. The van der Waals surface area contributed by atoms with Crippen LogP contribution < -0.4 is 14.8 Å². The lowest BCUT2D eigenvalue weighted by Gasteiger charge is -2.20. The highest BCUT2D eigenvalue weighted by Crippen LogP contribution is 2.21. The summed E-state index contributed by atoms with van der Waals surface area (Å²) in [5.74, 6) is 1.41. The van der Waals surface area contributed by atoms with Crippen molar-refractivity contribution in [1.29, 1.82) is 0 Å². The van der Waals surface area contributed by atoms with E-state index in [1.807, 2.05) is 24.3 Å². The highest BCUT2D eigenvalue weighted by Gasteiger charge is 2.24. The van der Waals surface area contributed by atoms with Crippen LogP contribution in [0.5, 0.6) is 11.5 Å². The molecule has 3 rings (SSSR count). The molecule has 0 bridgehead atoms. The Morgan fingerprint density at radius 2 is 1.56 bits per heavy atom. The van der Waals surface area contributed by atoms with Gasteiger partial charge in [0.2, 0.25) is 15.9 Å². The summed E-state index contributed by atoms with van der Waals surface area (Å²) >= 11 is 0. The summed E-state index contributed by atoms with van der Waals surface area (Å²) < 4.78 is 38.0. The van der Waals surface area contributed by atoms with Crippen LogP contribution in [0.4, 0.5) is 0 Å². The van der Waals surface area contributed by atoms with E-state index in [2.05, 4.69) is 5.32 Å². The second-order valence-corrected chi connectivity index (χ2v) is 9.77. The smallest absolute Gasteiger partial charge is 0.243 e. The molecule has 174 valence electrons. The summed E-state index contributed by atoms with van der Waals surface area (Å²) in [5, 5.41) is 2.84. The monoisotopic (exact) mass is 460 g/mol. The standard InChI is InChI=1S/C24H32N2O5S/c1-30-21-9-11-22(12-10-21)31-19-16-25-24(27)15-8-20-6-13-23(14-7-20)32(28,29)26-17-4-2-3-5-18-26/h6-7,9-14H,2-5,8,15-19H2,1H3,(H,25,27). The molecular formula is C24H32N2O5S. The van der Waals surface area contributed by atoms with Gasteiger partial charge in [-0.3, -0.25) is 4.79 Å². The van der Waals surface area contributed by atoms with E-state index < -0.39 is 10.0 Å². The number of hydrogen-bond donors (Lipinski definition) is 1. The fraction of sp³-hybridized carbons (Fsp3) is 0.458. The number of nitrogens with zero attached hydrogens (tertiary/aromatic N) is 1. The number of sulfonamides is 1. The number of carbonyl (C=O) groups is 1. The van der Waals surface area contributed by atoms with Crippen LogP contribution in [0.3, 0.4) is 0 Å². The predicted octanol–water partition coefficient (Wildman–Crippen LogP) is 3.39. The normalized spacial score (nSPS) is 15.0. The number of amides is 1. The van der Waals surface area contributed by atoms with E-state index >= 15 is 0 Å². The topological polar surface area (TPSA) is 84.9 Å². The molecule has 32 heavy (non-hydrogen) atoms. The van der Waals surface area contributed by atoms with Crippen LogP contribution in [-0.2, 0) is 21.2 Å². The summed E-state index contributed by atoms with van der Waals surface area (Å²) in [6, 6.07) is 14.2. The van der Waals surface area contributed by atoms with Crippen molar-refractivity contribution >= 4 is 15.9 Å². The maximum absolute atomic E-state index is 12.8. The van der Waals surface area contributed by atoms with E-state index in [1.165, 1.54) is 0 Å². The maximum Gasteiger partial charge on any atom is 0.243 e. The van der Waals surface area contributed by atoms with Crippen molar-refractivity contribution in [2.45, 2.75) is 43.4 Å². The Balaban J connectivity index is 1.39. The van der Waals surface area contributed by atoms with Crippen LogP contribution in [-0.4, -0.2) is 52.0 Å². The first-order valence-electron chi connectivity index (χ1n) is 11.1. The molecule has 1 amide bonds. The molecule has 0 aromatic heterocycles. The van der Waals surface area contributed by atoms with Crippen molar-refractivity contribution in [3.63, 3.8) is 0 Å². The van der Waals surface area contributed by atoms with Gasteiger partial charge < -0.3 is 14.8 Å². The van der Waals surface area contributed by atoms with Crippen LogP contribution >= 0.6 is 0 Å². The van der Waals surface area contributed by atoms with Crippen molar-refractivity contribution in [2.24, 2.45) is 0 Å². The highest BCUT2D eigenvalue weighted by molar-refractivity contribution is 7.89. The number of hydrogen-bond acceptors (Lipinski definition) is 5. The number of rotatable bonds is 10. The van der Waals surface area contributed by atoms with Crippen LogP contribution in [0.2, 0.25) is 0 Å². The average molecular weight is 461 g/mol. The molecule has 8 heteroatoms. The zero-order valence-corrected chi connectivity index (χ0v) is 19.4. The van der Waals surface area contributed by atoms with Crippen molar-refractivity contribution in [3.05, 3.63) is 54.1 Å². The number of carbonyl (C=O) groups excluding carboxylic acids is 1. The first kappa shape index (κ1) is 24.1. The van der Waals surface area contributed by atoms with Crippen LogP contribution in [0, 0.1) is 0 Å². The van der Waals surface area contributed by atoms with Gasteiger partial charge in [-0.05, 0) is 61.2 Å². The lowest BCUT2D eigenvalue weighted by Crippen LogP contribution is -2.31. The number of benzene rings is 2. The molecule has 0 saturated carbocycles. The second kappa shape index (κ2) is 11.9. The van der Waals surface area contributed by atoms with Crippen LogP contribution in [0.15, 0.2) is 53.4 Å². The highest BCUT2D eigenvalue weighted by atomic mass is 32.2. The molecule has 2 aromatic carbocycles. The molecule has 0 spiro atoms. The molecule has 0 unspecified atom stereocenters. The van der Waals surface area contributed by atoms with E-state index in [1.54, 1.807) is 35.7 Å². The lowest BCUT2D eigenvalue weighted by atomic mass is 10.1. The number of methoxy groups -OCH3 is 1. The maximum atomic E-state index is 12.8. The Morgan fingerprint density at radius 1 is 0.938 bits per heavy atom. The number of ether oxygens (including phenoxy) is 2. The predicted molar refractivity (Wildman–Crippen MR) is 123 cm³/mol. The third kappa shape index (κ3) is 6.97. The third-order valence-corrected chi connectivity index (χ3v) is 7.43. The quantitative estimate of drug-likeness (QED) is 0.550. The van der Waals surface area contributed by atoms with Gasteiger partial charge in [0.05, 0.1) is 18.6 Å². The molecule has 1 heterocycles. The fourth-order valence-electron chi connectivity index (χ4n) is 3.64. The summed E-state index contributed by atoms with van der Waals surface area (Å²) in [5.41, 5.74) is 0.935. The fourth-order valence-corrected chi connectivity index (χ4v) is 5.15. The second-order valence-electron chi connectivity index (χ2n) is 7.84. The molecule has 7 nitrogen and oxygen atoms in total. The summed E-state index contributed by atoms with van der Waals surface area (Å²) in [6.45, 7) is 1.97. The van der Waals surface area contributed by atoms with Crippen molar-refractivity contribution in [3.8, 4) is 11.5 Å². The van der Waals surface area contributed by atoms with Gasteiger partial charge in [0.25, 0.3) is 0 Å². The molecule has 0 aliphatic carbocycles. The molecule has 0 atom stereocenters. The zero-order chi connectivity index (χ0) is 22.8. The van der Waals surface area contributed by atoms with Gasteiger partial charge in [-0.25, -0.2) is 8.42 Å². The Hall–Kier alpha value is -2.58. The minimum Gasteiger partial charge on any atom is -0.497 e. The largest absolute Gasteiger partial charge is 0.497 e. The summed E-state index contributed by atoms with van der Waals surface area (Å²) in [7, 11) is -1.83. The van der Waals surface area contributed by atoms with Crippen molar-refractivity contribution in [2.75, 3.05) is 33.4 Å². The van der Waals surface area contributed by atoms with Crippen molar-refractivity contribution in [1.82, 2.24) is 9.62 Å². The van der Waals surface area contributed by atoms with Gasteiger partial charge in [-0.1, -0.05) is 25.0 Å². The van der Waals surface area contributed by atoms with Gasteiger partial charge in [-0.2, -0.15) is 4.31 Å². The van der Waals surface area contributed by atoms with Crippen LogP contribution in [0.1, 0.15) is 37.7 Å². The third-order valence-electron chi connectivity index (χ3n) is 5.52. The van der Waals surface area contributed by atoms with E-state index in [0.717, 1.165) is 42.7 Å². The van der Waals surface area contributed by atoms with Gasteiger partial charge in [0, 0.05) is 19.5 Å². The zero-order valence-electron chi connectivity index (χ0n) is 18.6. The molecule has 1 fully saturated rings. The molecule has 2 aromatic rings. The van der Waals surface area contributed by atoms with E-state index in [-0.39, 0.29) is 5.91 Å². The van der Waals surface area contributed by atoms with Gasteiger partial charge in [0.15, 0.2) is 0 Å². The van der Waals surface area contributed by atoms with Crippen LogP contribution in [0.25, 0.3) is 0 Å². The SMILES string of the molecule is COc1ccc(OCCNC(=O)CCc2ccc(S(=O)(=O)N3CCCCCC3)cc2)cc1. The van der Waals surface area contributed by atoms with E-state index in [0.29, 0.717) is 44.0 Å². The van der Waals surface area contributed by atoms with Gasteiger partial charge in [-0.15, -0.1) is 0 Å². The van der Waals surface area contributed by atoms with Gasteiger partial charge >= 0.3 is 0 Å². The number of aryl methyl sites for hydroxylation is 1. The Kier molecular flexibility index (Phi) is 8.93. The van der Waals surface area contributed by atoms with E-state index in [4.69, 9.17) is 9.47 Å². The first-order valence-corrected chi connectivity index (χ1v) is 12.6. The molecule has 1 aliphatic rings. The molecular weight excluding hydrogens is 428 g/mol.